The highest BCUT2D eigenvalue weighted by molar-refractivity contribution is 5.86. The van der Waals surface area contributed by atoms with Crippen molar-refractivity contribution < 1.29 is 58.7 Å². The zero-order valence-corrected chi connectivity index (χ0v) is 33.0. The molecule has 14 nitrogen and oxygen atoms in total. The first-order valence-corrected chi connectivity index (χ1v) is 18.5. The van der Waals surface area contributed by atoms with Crippen LogP contribution in [0.25, 0.3) is 0 Å². The van der Waals surface area contributed by atoms with Crippen molar-refractivity contribution in [1.82, 2.24) is 4.90 Å². The Kier molecular flexibility index (Phi) is 14.7. The molecule has 3 heterocycles. The van der Waals surface area contributed by atoms with E-state index in [0.29, 0.717) is 6.42 Å². The van der Waals surface area contributed by atoms with E-state index in [-0.39, 0.29) is 37.1 Å². The van der Waals surface area contributed by atoms with E-state index in [1.807, 2.05) is 25.9 Å². The zero-order valence-electron chi connectivity index (χ0n) is 33.0. The van der Waals surface area contributed by atoms with Gasteiger partial charge in [-0.3, -0.25) is 4.79 Å². The van der Waals surface area contributed by atoms with Crippen molar-refractivity contribution in [2.24, 2.45) is 23.7 Å². The SMILES string of the molecule is CC[C@@H]1OC(=O)[C@H](C)[C@H](O[C@@H]2C[C@](C)(OC)[C@H](O)[C@H](C)O2)[C@H](C)[C@H](O[C@@H]2O[C@H](C)C[C@H](N(C)C)[C@@H]2O)[C@@](C)(O)C[C@H](C)C(=N)[C@H](C)[C@@H](O)[C@@]1(C)O. The van der Waals surface area contributed by atoms with Gasteiger partial charge < -0.3 is 64.3 Å². The molecule has 298 valence electrons. The molecule has 14 heteroatoms. The van der Waals surface area contributed by atoms with E-state index in [9.17, 15) is 30.3 Å². The van der Waals surface area contributed by atoms with Gasteiger partial charge >= 0.3 is 5.97 Å². The summed E-state index contributed by atoms with van der Waals surface area (Å²) in [4.78, 5) is 16.0. The summed E-state index contributed by atoms with van der Waals surface area (Å²) < 4.78 is 37.2. The molecule has 3 fully saturated rings. The second-order valence-electron chi connectivity index (χ2n) is 16.5. The highest BCUT2D eigenvalue weighted by Gasteiger charge is 2.53. The van der Waals surface area contributed by atoms with Crippen molar-refractivity contribution >= 4 is 11.7 Å². The summed E-state index contributed by atoms with van der Waals surface area (Å²) >= 11 is 0. The molecule has 0 unspecified atom stereocenters. The average molecular weight is 733 g/mol. The maximum atomic E-state index is 14.1. The number of carbonyl (C=O) groups excluding carboxylic acids is 1. The molecule has 0 saturated carbocycles. The number of hydrogen-bond donors (Lipinski definition) is 6. The first kappa shape index (κ1) is 44.1. The summed E-state index contributed by atoms with van der Waals surface area (Å²) in [5.74, 6) is -4.02. The molecule has 0 aromatic heterocycles. The fourth-order valence-electron chi connectivity index (χ4n) is 8.43. The van der Waals surface area contributed by atoms with Crippen molar-refractivity contribution in [2.45, 2.75) is 179 Å². The normalized spacial score (nSPS) is 49.7. The summed E-state index contributed by atoms with van der Waals surface area (Å²) in [7, 11) is 5.21. The van der Waals surface area contributed by atoms with Crippen LogP contribution in [-0.4, -0.2) is 148 Å². The minimum atomic E-state index is -1.91. The van der Waals surface area contributed by atoms with Gasteiger partial charge in [0, 0.05) is 37.1 Å². The van der Waals surface area contributed by atoms with Gasteiger partial charge in [-0.2, -0.15) is 0 Å². The standard InChI is InChI=1S/C37H68N2O12/c1-14-25-37(10,45)30(41)20(4)27(38)18(2)16-35(8,44)32(51-34-28(40)24(39(11)12)15-19(3)47-34)21(5)29(22(6)33(43)49-25)50-26-17-36(9,46-13)31(42)23(7)48-26/h18-26,28-32,34,38,40-42,44-45H,14-17H2,1-13H3/t18-,19+,20-,21-,22+,23-,24-,25-,26+,28-,29+,30+,31+,32-,34-,35-,36-,37-/m0/s1. The van der Waals surface area contributed by atoms with E-state index in [0.717, 1.165) is 0 Å². The van der Waals surface area contributed by atoms with Crippen molar-refractivity contribution in [3.8, 4) is 0 Å². The van der Waals surface area contributed by atoms with Crippen LogP contribution in [0, 0.1) is 29.1 Å². The molecule has 0 aromatic carbocycles. The number of aliphatic hydroxyl groups excluding tert-OH is 3. The highest BCUT2D eigenvalue weighted by Crippen LogP contribution is 2.40. The lowest BCUT2D eigenvalue weighted by Crippen LogP contribution is -2.61. The van der Waals surface area contributed by atoms with E-state index < -0.39 is 102 Å². The Morgan fingerprint density at radius 2 is 1.53 bits per heavy atom. The number of cyclic esters (lactones) is 1. The largest absolute Gasteiger partial charge is 0.459 e. The van der Waals surface area contributed by atoms with E-state index in [2.05, 4.69) is 0 Å². The lowest BCUT2D eigenvalue weighted by molar-refractivity contribution is -0.317. The van der Waals surface area contributed by atoms with Gasteiger partial charge in [0.2, 0.25) is 0 Å². The van der Waals surface area contributed by atoms with Gasteiger partial charge in [-0.05, 0) is 80.8 Å². The Bertz CT molecular complexity index is 1170. The predicted molar refractivity (Wildman–Crippen MR) is 189 cm³/mol. The van der Waals surface area contributed by atoms with Crippen molar-refractivity contribution in [3.63, 3.8) is 0 Å². The Balaban J connectivity index is 2.18. The number of likely N-dealkylation sites (N-methyl/N-ethyl adjacent to an activating group) is 1. The molecule has 3 saturated heterocycles. The van der Waals surface area contributed by atoms with E-state index >= 15 is 0 Å². The number of hydrogen-bond acceptors (Lipinski definition) is 14. The molecule has 0 aliphatic carbocycles. The molecule has 51 heavy (non-hydrogen) atoms. The topological polar surface area (TPSA) is 201 Å². The fourth-order valence-corrected chi connectivity index (χ4v) is 8.43. The first-order valence-electron chi connectivity index (χ1n) is 18.5. The van der Waals surface area contributed by atoms with Crippen molar-refractivity contribution in [1.29, 1.82) is 5.41 Å². The number of methoxy groups -OCH3 is 1. The molecule has 3 rings (SSSR count). The van der Waals surface area contributed by atoms with Gasteiger partial charge in [-0.15, -0.1) is 0 Å². The predicted octanol–water partition coefficient (Wildman–Crippen LogP) is 2.24. The van der Waals surface area contributed by atoms with Crippen LogP contribution in [0.4, 0.5) is 0 Å². The maximum Gasteiger partial charge on any atom is 0.311 e. The minimum absolute atomic E-state index is 0.0107. The molecular weight excluding hydrogens is 664 g/mol. The van der Waals surface area contributed by atoms with Gasteiger partial charge in [0.05, 0.1) is 47.6 Å². The summed E-state index contributed by atoms with van der Waals surface area (Å²) in [5, 5.41) is 66.9. The molecular formula is C37H68N2O12. The third kappa shape index (κ3) is 9.51. The molecule has 0 bridgehead atoms. The lowest BCUT2D eigenvalue weighted by atomic mass is 9.73. The van der Waals surface area contributed by atoms with Crippen molar-refractivity contribution in [2.75, 3.05) is 21.2 Å². The molecule has 0 amide bonds. The fraction of sp³-hybridized carbons (Fsp3) is 0.946. The number of ether oxygens (including phenoxy) is 6. The number of carbonyl (C=O) groups is 1. The number of rotatable bonds is 7. The average Bonchev–Trinajstić information content (AvgIpc) is 3.05. The highest BCUT2D eigenvalue weighted by atomic mass is 16.7. The summed E-state index contributed by atoms with van der Waals surface area (Å²) in [6.07, 6.45) is -9.12. The van der Waals surface area contributed by atoms with E-state index in [1.165, 1.54) is 14.0 Å². The monoisotopic (exact) mass is 732 g/mol. The Hall–Kier alpha value is -1.30. The van der Waals surface area contributed by atoms with Crippen LogP contribution in [0.15, 0.2) is 0 Å². The molecule has 0 aromatic rings. The summed E-state index contributed by atoms with van der Waals surface area (Å²) in [6, 6.07) is -0.304. The quantitative estimate of drug-likeness (QED) is 0.209. The summed E-state index contributed by atoms with van der Waals surface area (Å²) in [6.45, 7) is 16.8. The Labute approximate surface area is 304 Å². The third-order valence-electron chi connectivity index (χ3n) is 11.9. The second-order valence-corrected chi connectivity index (χ2v) is 16.5. The summed E-state index contributed by atoms with van der Waals surface area (Å²) in [5.41, 5.74) is -4.58. The first-order chi connectivity index (χ1) is 23.4. The smallest absolute Gasteiger partial charge is 0.311 e. The Morgan fingerprint density at radius 1 is 0.922 bits per heavy atom. The molecule has 0 spiro atoms. The molecule has 18 atom stereocenters. The van der Waals surface area contributed by atoms with Crippen LogP contribution in [0.2, 0.25) is 0 Å². The van der Waals surface area contributed by atoms with Gasteiger partial charge in [0.1, 0.15) is 23.9 Å². The van der Waals surface area contributed by atoms with Crippen molar-refractivity contribution in [3.05, 3.63) is 0 Å². The van der Waals surface area contributed by atoms with Crippen LogP contribution in [0.3, 0.4) is 0 Å². The van der Waals surface area contributed by atoms with Crippen LogP contribution >= 0.6 is 0 Å². The molecule has 3 aliphatic rings. The molecule has 3 aliphatic heterocycles. The number of aliphatic hydroxyl groups is 5. The number of nitrogens with zero attached hydrogens (tertiary/aromatic N) is 1. The Morgan fingerprint density at radius 3 is 2.08 bits per heavy atom. The van der Waals surface area contributed by atoms with Crippen LogP contribution in [0.5, 0.6) is 0 Å². The van der Waals surface area contributed by atoms with Gasteiger partial charge in [0.25, 0.3) is 0 Å². The van der Waals surface area contributed by atoms with Crippen LogP contribution in [-0.2, 0) is 33.2 Å². The molecule has 0 radical (unpaired) electrons. The number of nitrogens with one attached hydrogen (secondary N) is 1. The molecule has 6 N–H and O–H groups in total. The van der Waals surface area contributed by atoms with Gasteiger partial charge in [-0.25, -0.2) is 0 Å². The van der Waals surface area contributed by atoms with E-state index in [4.69, 9.17) is 33.8 Å². The number of esters is 1. The maximum absolute atomic E-state index is 14.1. The minimum Gasteiger partial charge on any atom is -0.459 e. The lowest BCUT2D eigenvalue weighted by Gasteiger charge is -2.49. The third-order valence-corrected chi connectivity index (χ3v) is 11.9. The van der Waals surface area contributed by atoms with Gasteiger partial charge in [-0.1, -0.05) is 27.7 Å². The van der Waals surface area contributed by atoms with Crippen LogP contribution in [0.1, 0.15) is 94.9 Å². The second kappa shape index (κ2) is 17.0. The van der Waals surface area contributed by atoms with Gasteiger partial charge in [0.15, 0.2) is 12.6 Å². The van der Waals surface area contributed by atoms with Crippen LogP contribution < -0.4 is 0 Å². The zero-order chi connectivity index (χ0) is 39.0. The van der Waals surface area contributed by atoms with E-state index in [1.54, 1.807) is 55.4 Å².